The minimum atomic E-state index is -0.311. The van der Waals surface area contributed by atoms with E-state index >= 15 is 0 Å². The fourth-order valence-corrected chi connectivity index (χ4v) is 6.07. The van der Waals surface area contributed by atoms with Gasteiger partial charge in [-0.3, -0.25) is 0 Å². The third-order valence-electron chi connectivity index (χ3n) is 7.00. The third-order valence-corrected chi connectivity index (χ3v) is 7.00. The van der Waals surface area contributed by atoms with Crippen LogP contribution in [-0.4, -0.2) is 36.5 Å². The molecule has 4 heteroatoms. The van der Waals surface area contributed by atoms with Crippen molar-refractivity contribution in [2.45, 2.75) is 82.5 Å². The molecule has 1 aliphatic heterocycles. The van der Waals surface area contributed by atoms with Crippen LogP contribution in [0.4, 0.5) is 0 Å². The lowest BCUT2D eigenvalue weighted by Crippen LogP contribution is -2.61. The van der Waals surface area contributed by atoms with Crippen molar-refractivity contribution in [2.75, 3.05) is 13.2 Å². The normalized spacial score (nSPS) is 42.7. The topological polar surface area (TPSA) is 44.8 Å². The molecule has 0 radical (unpaired) electrons. The first kappa shape index (κ1) is 17.5. The molecule has 4 atom stereocenters. The smallest absolute Gasteiger partial charge is 0.333 e. The molecule has 4 nitrogen and oxygen atoms in total. The fraction of sp³-hybridized carbons (Fsp3) is 0.857. The molecule has 140 valence electrons. The molecule has 0 aromatic heterocycles. The highest BCUT2D eigenvalue weighted by Gasteiger charge is 2.60. The highest BCUT2D eigenvalue weighted by atomic mass is 16.6. The van der Waals surface area contributed by atoms with Crippen LogP contribution in [0.1, 0.15) is 65.2 Å². The summed E-state index contributed by atoms with van der Waals surface area (Å²) in [5.41, 5.74) is 0.102. The van der Waals surface area contributed by atoms with Gasteiger partial charge < -0.3 is 14.2 Å². The summed E-state index contributed by atoms with van der Waals surface area (Å²) in [6.07, 6.45) is 9.09. The Morgan fingerprint density at radius 2 is 1.88 bits per heavy atom. The lowest BCUT2D eigenvalue weighted by molar-refractivity contribution is -0.239. The van der Waals surface area contributed by atoms with Crippen LogP contribution in [0.15, 0.2) is 12.2 Å². The number of rotatable bonds is 7. The number of carbonyl (C=O) groups excluding carboxylic acids is 1. The van der Waals surface area contributed by atoms with Crippen LogP contribution >= 0.6 is 0 Å². The van der Waals surface area contributed by atoms with Gasteiger partial charge in [-0.1, -0.05) is 13.5 Å². The minimum absolute atomic E-state index is 0.0867. The van der Waals surface area contributed by atoms with Crippen molar-refractivity contribution in [2.24, 2.45) is 17.8 Å². The summed E-state index contributed by atoms with van der Waals surface area (Å²) in [6.45, 7) is 9.40. The van der Waals surface area contributed by atoms with Crippen molar-refractivity contribution < 1.29 is 19.0 Å². The molecule has 4 saturated carbocycles. The van der Waals surface area contributed by atoms with Crippen LogP contribution in [-0.2, 0) is 19.0 Å². The van der Waals surface area contributed by atoms with Gasteiger partial charge in [-0.15, -0.1) is 0 Å². The van der Waals surface area contributed by atoms with E-state index in [0.29, 0.717) is 29.4 Å². The maximum Gasteiger partial charge on any atom is 0.333 e. The third kappa shape index (κ3) is 3.28. The summed E-state index contributed by atoms with van der Waals surface area (Å²) in [5, 5.41) is 0. The molecular weight excluding hydrogens is 316 g/mol. The first-order chi connectivity index (χ1) is 11.9. The first-order valence-corrected chi connectivity index (χ1v) is 10.1. The van der Waals surface area contributed by atoms with E-state index in [0.717, 1.165) is 51.7 Å². The maximum absolute atomic E-state index is 12.2. The van der Waals surface area contributed by atoms with Crippen LogP contribution in [0.5, 0.6) is 0 Å². The van der Waals surface area contributed by atoms with Gasteiger partial charge in [0.25, 0.3) is 0 Å². The zero-order chi connectivity index (χ0) is 17.7. The Bertz CT molecular complexity index is 536. The monoisotopic (exact) mass is 348 g/mol. The molecule has 0 aromatic rings. The van der Waals surface area contributed by atoms with Crippen LogP contribution < -0.4 is 0 Å². The molecule has 0 amide bonds. The number of carbonyl (C=O) groups is 1. The Labute approximate surface area is 151 Å². The Morgan fingerprint density at radius 3 is 2.40 bits per heavy atom. The largest absolute Gasteiger partial charge is 0.456 e. The standard InChI is InChI=1S/C21H32O4/c1-4-17(18-5-6-23-18)12-24-20-8-15-7-16(9-20)11-21(10-15,13-20)25-19(22)14(2)3/h15-18H,2,4-13H2,1,3H3. The molecule has 1 heterocycles. The molecule has 5 fully saturated rings. The van der Waals surface area contributed by atoms with E-state index < -0.39 is 0 Å². The Kier molecular flexibility index (Phi) is 4.48. The van der Waals surface area contributed by atoms with Crippen molar-refractivity contribution in [3.8, 4) is 0 Å². The number of hydrogen-bond donors (Lipinski definition) is 0. The zero-order valence-corrected chi connectivity index (χ0v) is 15.7. The van der Waals surface area contributed by atoms with Gasteiger partial charge >= 0.3 is 5.97 Å². The molecule has 4 aliphatic carbocycles. The summed E-state index contributed by atoms with van der Waals surface area (Å²) in [5.74, 6) is 1.54. The molecule has 1 saturated heterocycles. The highest BCUT2D eigenvalue weighted by Crippen LogP contribution is 2.60. The van der Waals surface area contributed by atoms with Gasteiger partial charge in [-0.25, -0.2) is 4.79 Å². The van der Waals surface area contributed by atoms with Crippen LogP contribution in [0.3, 0.4) is 0 Å². The van der Waals surface area contributed by atoms with Crippen LogP contribution in [0, 0.1) is 17.8 Å². The van der Waals surface area contributed by atoms with E-state index in [-0.39, 0.29) is 17.2 Å². The highest BCUT2D eigenvalue weighted by molar-refractivity contribution is 5.87. The molecule has 0 spiro atoms. The molecule has 4 bridgehead atoms. The van der Waals surface area contributed by atoms with Gasteiger partial charge in [0, 0.05) is 24.5 Å². The van der Waals surface area contributed by atoms with Crippen molar-refractivity contribution in [1.82, 2.24) is 0 Å². The van der Waals surface area contributed by atoms with Crippen LogP contribution in [0.25, 0.3) is 0 Å². The molecule has 0 aromatic carbocycles. The van der Waals surface area contributed by atoms with Crippen molar-refractivity contribution in [3.05, 3.63) is 12.2 Å². The van der Waals surface area contributed by atoms with Crippen molar-refractivity contribution >= 4 is 5.97 Å². The molecule has 5 aliphatic rings. The van der Waals surface area contributed by atoms with E-state index in [4.69, 9.17) is 14.2 Å². The minimum Gasteiger partial charge on any atom is -0.456 e. The molecule has 5 rings (SSSR count). The summed E-state index contributed by atoms with van der Waals surface area (Å²) >= 11 is 0. The summed E-state index contributed by atoms with van der Waals surface area (Å²) in [6, 6.07) is 0. The van der Waals surface area contributed by atoms with Crippen LogP contribution in [0.2, 0.25) is 0 Å². The zero-order valence-electron chi connectivity index (χ0n) is 15.7. The number of esters is 1. The van der Waals surface area contributed by atoms with Gasteiger partial charge in [0.2, 0.25) is 0 Å². The van der Waals surface area contributed by atoms with Gasteiger partial charge in [0.15, 0.2) is 0 Å². The van der Waals surface area contributed by atoms with E-state index in [9.17, 15) is 4.79 Å². The van der Waals surface area contributed by atoms with E-state index in [1.165, 1.54) is 12.8 Å². The lowest BCUT2D eigenvalue weighted by atomic mass is 9.52. The van der Waals surface area contributed by atoms with E-state index in [2.05, 4.69) is 13.5 Å². The summed E-state index contributed by atoms with van der Waals surface area (Å²) in [4.78, 5) is 12.2. The number of ether oxygens (including phenoxy) is 3. The van der Waals surface area contributed by atoms with Crippen molar-refractivity contribution in [1.29, 1.82) is 0 Å². The van der Waals surface area contributed by atoms with Gasteiger partial charge in [-0.2, -0.15) is 0 Å². The predicted molar refractivity (Wildman–Crippen MR) is 95.1 cm³/mol. The molecule has 0 N–H and O–H groups in total. The average molecular weight is 348 g/mol. The number of hydrogen-bond acceptors (Lipinski definition) is 4. The van der Waals surface area contributed by atoms with Gasteiger partial charge in [0.05, 0.1) is 18.3 Å². The van der Waals surface area contributed by atoms with E-state index in [1.54, 1.807) is 6.92 Å². The molecular formula is C21H32O4. The predicted octanol–water partition coefficient (Wildman–Crippen LogP) is 4.03. The maximum atomic E-state index is 12.2. The quantitative estimate of drug-likeness (QED) is 0.515. The second kappa shape index (κ2) is 6.38. The van der Waals surface area contributed by atoms with Gasteiger partial charge in [-0.05, 0) is 63.7 Å². The first-order valence-electron chi connectivity index (χ1n) is 10.1. The van der Waals surface area contributed by atoms with Crippen molar-refractivity contribution in [3.63, 3.8) is 0 Å². The summed E-state index contributed by atoms with van der Waals surface area (Å²) < 4.78 is 18.3. The fourth-order valence-electron chi connectivity index (χ4n) is 6.07. The molecule has 25 heavy (non-hydrogen) atoms. The lowest BCUT2D eigenvalue weighted by Gasteiger charge is -2.61. The second-order valence-electron chi connectivity index (χ2n) is 9.17. The Hall–Kier alpha value is -0.870. The van der Waals surface area contributed by atoms with Gasteiger partial charge in [0.1, 0.15) is 5.60 Å². The van der Waals surface area contributed by atoms with E-state index in [1.807, 2.05) is 0 Å². The summed E-state index contributed by atoms with van der Waals surface area (Å²) in [7, 11) is 0. The molecule has 4 unspecified atom stereocenters. The Balaban J connectivity index is 1.46. The second-order valence-corrected chi connectivity index (χ2v) is 9.17. The Morgan fingerprint density at radius 1 is 1.24 bits per heavy atom. The SMILES string of the molecule is C=C(C)C(=O)OC12CC3CC(CC(OCC(CC)C4CCO4)(C3)C1)C2. The average Bonchev–Trinajstić information content (AvgIpc) is 2.47.